The van der Waals surface area contributed by atoms with Gasteiger partial charge in [-0.2, -0.15) is 5.10 Å². The zero-order chi connectivity index (χ0) is 12.7. The van der Waals surface area contributed by atoms with Crippen LogP contribution in [0.4, 0.5) is 4.79 Å². The highest BCUT2D eigenvalue weighted by Crippen LogP contribution is 1.97. The molecule has 1 unspecified atom stereocenters. The maximum absolute atomic E-state index is 11.4. The standard InChI is InChI=1S/C9H15N5O3/c1-2-6(3-8(15)16)13-9(17)10-4-7-11-5-12-14-7/h5-6H,2-4H2,1H3,(H,15,16)(H2,10,13,17)(H,11,12,14). The Kier molecular flexibility index (Phi) is 4.92. The van der Waals surface area contributed by atoms with Crippen LogP contribution in [0.1, 0.15) is 25.6 Å². The third-order valence-electron chi connectivity index (χ3n) is 2.13. The first kappa shape index (κ1) is 12.9. The zero-order valence-corrected chi connectivity index (χ0v) is 9.43. The molecule has 0 aliphatic rings. The number of hydrogen-bond donors (Lipinski definition) is 4. The summed E-state index contributed by atoms with van der Waals surface area (Å²) in [6, 6.07) is -0.795. The van der Waals surface area contributed by atoms with E-state index in [9.17, 15) is 9.59 Å². The molecule has 4 N–H and O–H groups in total. The van der Waals surface area contributed by atoms with Crippen molar-refractivity contribution in [2.45, 2.75) is 32.4 Å². The number of aromatic amines is 1. The smallest absolute Gasteiger partial charge is 0.315 e. The lowest BCUT2D eigenvalue weighted by Crippen LogP contribution is -2.42. The Morgan fingerprint density at radius 2 is 2.35 bits per heavy atom. The minimum Gasteiger partial charge on any atom is -0.481 e. The Bertz CT molecular complexity index is 365. The lowest BCUT2D eigenvalue weighted by molar-refractivity contribution is -0.137. The van der Waals surface area contributed by atoms with E-state index in [-0.39, 0.29) is 19.0 Å². The molecule has 0 saturated carbocycles. The first-order valence-corrected chi connectivity index (χ1v) is 5.22. The Labute approximate surface area is 97.8 Å². The number of carboxylic acids is 1. The van der Waals surface area contributed by atoms with Gasteiger partial charge in [-0.3, -0.25) is 9.89 Å². The first-order valence-electron chi connectivity index (χ1n) is 5.22. The monoisotopic (exact) mass is 241 g/mol. The summed E-state index contributed by atoms with van der Waals surface area (Å²) in [6.07, 6.45) is 1.81. The molecule has 1 heterocycles. The second-order valence-corrected chi connectivity index (χ2v) is 3.46. The number of carboxylic acid groups (broad SMARTS) is 1. The lowest BCUT2D eigenvalue weighted by Gasteiger charge is -2.14. The summed E-state index contributed by atoms with van der Waals surface area (Å²) in [7, 11) is 0. The number of aliphatic carboxylic acids is 1. The fraction of sp³-hybridized carbons (Fsp3) is 0.556. The number of urea groups is 1. The van der Waals surface area contributed by atoms with Crippen LogP contribution in [0.2, 0.25) is 0 Å². The fourth-order valence-electron chi connectivity index (χ4n) is 1.22. The van der Waals surface area contributed by atoms with E-state index in [1.165, 1.54) is 6.33 Å². The van der Waals surface area contributed by atoms with Crippen LogP contribution < -0.4 is 10.6 Å². The maximum atomic E-state index is 11.4. The van der Waals surface area contributed by atoms with Gasteiger partial charge < -0.3 is 15.7 Å². The predicted molar refractivity (Wildman–Crippen MR) is 58.1 cm³/mol. The molecule has 0 aliphatic carbocycles. The highest BCUT2D eigenvalue weighted by atomic mass is 16.4. The topological polar surface area (TPSA) is 120 Å². The molecule has 0 saturated heterocycles. The second-order valence-electron chi connectivity index (χ2n) is 3.46. The Hall–Kier alpha value is -2.12. The molecule has 17 heavy (non-hydrogen) atoms. The van der Waals surface area contributed by atoms with Gasteiger partial charge in [0.25, 0.3) is 0 Å². The first-order chi connectivity index (χ1) is 8.11. The van der Waals surface area contributed by atoms with Crippen LogP contribution in [0.15, 0.2) is 6.33 Å². The van der Waals surface area contributed by atoms with Gasteiger partial charge in [0.05, 0.1) is 13.0 Å². The highest BCUT2D eigenvalue weighted by molar-refractivity contribution is 5.75. The maximum Gasteiger partial charge on any atom is 0.315 e. The van der Waals surface area contributed by atoms with Crippen molar-refractivity contribution in [2.75, 3.05) is 0 Å². The molecule has 1 aromatic rings. The predicted octanol–water partition coefficient (Wildman–Crippen LogP) is -0.143. The third-order valence-corrected chi connectivity index (χ3v) is 2.13. The summed E-state index contributed by atoms with van der Waals surface area (Å²) in [5, 5.41) is 20.0. The van der Waals surface area contributed by atoms with Gasteiger partial charge in [-0.15, -0.1) is 0 Å². The molecule has 8 nitrogen and oxygen atoms in total. The molecule has 1 atom stereocenters. The third kappa shape index (κ3) is 4.96. The van der Waals surface area contributed by atoms with Crippen LogP contribution in [0.5, 0.6) is 0 Å². The van der Waals surface area contributed by atoms with Gasteiger partial charge in [0.15, 0.2) is 0 Å². The van der Waals surface area contributed by atoms with E-state index in [4.69, 9.17) is 5.11 Å². The minimum atomic E-state index is -0.938. The molecule has 1 rings (SSSR count). The fourth-order valence-corrected chi connectivity index (χ4v) is 1.22. The van der Waals surface area contributed by atoms with Crippen molar-refractivity contribution in [2.24, 2.45) is 0 Å². The van der Waals surface area contributed by atoms with Gasteiger partial charge in [-0.25, -0.2) is 9.78 Å². The molecular weight excluding hydrogens is 226 g/mol. The van der Waals surface area contributed by atoms with Crippen LogP contribution in [0.25, 0.3) is 0 Å². The van der Waals surface area contributed by atoms with E-state index in [0.717, 1.165) is 0 Å². The SMILES string of the molecule is CCC(CC(=O)O)NC(=O)NCc1ncn[nH]1. The number of amides is 2. The van der Waals surface area contributed by atoms with Crippen LogP contribution in [-0.4, -0.2) is 38.3 Å². The molecule has 0 bridgehead atoms. The average Bonchev–Trinajstić information content (AvgIpc) is 2.77. The van der Waals surface area contributed by atoms with E-state index in [1.54, 1.807) is 0 Å². The van der Waals surface area contributed by atoms with Gasteiger partial charge in [-0.05, 0) is 6.42 Å². The van der Waals surface area contributed by atoms with Crippen molar-refractivity contribution < 1.29 is 14.7 Å². The molecule has 0 radical (unpaired) electrons. The van der Waals surface area contributed by atoms with Gasteiger partial charge >= 0.3 is 12.0 Å². The number of nitrogens with zero attached hydrogens (tertiary/aromatic N) is 2. The Morgan fingerprint density at radius 1 is 1.59 bits per heavy atom. The van der Waals surface area contributed by atoms with Gasteiger partial charge in [0, 0.05) is 6.04 Å². The van der Waals surface area contributed by atoms with Crippen molar-refractivity contribution in [3.8, 4) is 0 Å². The normalized spacial score (nSPS) is 11.8. The molecule has 1 aromatic heterocycles. The highest BCUT2D eigenvalue weighted by Gasteiger charge is 2.13. The van der Waals surface area contributed by atoms with Crippen LogP contribution in [0, 0.1) is 0 Å². The summed E-state index contributed by atoms with van der Waals surface area (Å²) >= 11 is 0. The Balaban J connectivity index is 2.30. The molecule has 0 aliphatic heterocycles. The van der Waals surface area contributed by atoms with E-state index < -0.39 is 12.0 Å². The zero-order valence-electron chi connectivity index (χ0n) is 9.43. The van der Waals surface area contributed by atoms with Crippen molar-refractivity contribution in [3.05, 3.63) is 12.2 Å². The number of H-pyrrole nitrogens is 1. The number of nitrogens with one attached hydrogen (secondary N) is 3. The van der Waals surface area contributed by atoms with Crippen molar-refractivity contribution in [1.29, 1.82) is 0 Å². The molecule has 8 heteroatoms. The average molecular weight is 241 g/mol. The largest absolute Gasteiger partial charge is 0.481 e. The summed E-state index contributed by atoms with van der Waals surface area (Å²) in [6.45, 7) is 2.03. The van der Waals surface area contributed by atoms with Crippen molar-refractivity contribution in [3.63, 3.8) is 0 Å². The second kappa shape index (κ2) is 6.46. The number of carbonyl (C=O) groups excluding carboxylic acids is 1. The van der Waals surface area contributed by atoms with E-state index in [2.05, 4.69) is 25.8 Å². The van der Waals surface area contributed by atoms with Crippen molar-refractivity contribution in [1.82, 2.24) is 25.8 Å². The molecule has 2 amide bonds. The minimum absolute atomic E-state index is 0.0910. The summed E-state index contributed by atoms with van der Waals surface area (Å²) in [4.78, 5) is 25.7. The lowest BCUT2D eigenvalue weighted by atomic mass is 10.1. The van der Waals surface area contributed by atoms with Crippen LogP contribution >= 0.6 is 0 Å². The number of rotatable bonds is 6. The molecule has 0 aromatic carbocycles. The number of aromatic nitrogens is 3. The van der Waals surface area contributed by atoms with Gasteiger partial charge in [0.1, 0.15) is 12.2 Å². The number of carbonyl (C=O) groups is 2. The number of hydrogen-bond acceptors (Lipinski definition) is 4. The van der Waals surface area contributed by atoms with Crippen LogP contribution in [-0.2, 0) is 11.3 Å². The van der Waals surface area contributed by atoms with Gasteiger partial charge in [0.2, 0.25) is 0 Å². The van der Waals surface area contributed by atoms with Crippen molar-refractivity contribution >= 4 is 12.0 Å². The summed E-state index contributed by atoms with van der Waals surface area (Å²) in [5.41, 5.74) is 0. The van der Waals surface area contributed by atoms with E-state index >= 15 is 0 Å². The molecule has 0 spiro atoms. The molecular formula is C9H15N5O3. The van der Waals surface area contributed by atoms with Gasteiger partial charge in [-0.1, -0.05) is 6.92 Å². The summed E-state index contributed by atoms with van der Waals surface area (Å²) in [5.74, 6) is -0.404. The quantitative estimate of drug-likeness (QED) is 0.552. The summed E-state index contributed by atoms with van der Waals surface area (Å²) < 4.78 is 0. The molecule has 0 fully saturated rings. The van der Waals surface area contributed by atoms with Crippen LogP contribution in [0.3, 0.4) is 0 Å². The van der Waals surface area contributed by atoms with E-state index in [1.807, 2.05) is 6.92 Å². The Morgan fingerprint density at radius 3 is 2.88 bits per heavy atom. The molecule has 94 valence electrons. The van der Waals surface area contributed by atoms with E-state index in [0.29, 0.717) is 12.2 Å².